The number of hydrogen-bond donors (Lipinski definition) is 3. The van der Waals surface area contributed by atoms with Gasteiger partial charge in [-0.25, -0.2) is 14.6 Å². The van der Waals surface area contributed by atoms with Crippen LogP contribution in [0.1, 0.15) is 5.56 Å². The fourth-order valence-electron chi connectivity index (χ4n) is 2.59. The molecule has 10 nitrogen and oxygen atoms in total. The maximum Gasteiger partial charge on any atom is 0.342 e. The van der Waals surface area contributed by atoms with Crippen molar-refractivity contribution >= 4 is 29.8 Å². The fraction of sp³-hybridized carbons (Fsp3) is 0.143. The second-order valence-corrected chi connectivity index (χ2v) is 7.25. The number of H-pyrrole nitrogens is 1. The van der Waals surface area contributed by atoms with Crippen LogP contribution in [0.15, 0.2) is 52.5 Å². The number of hydrogen-bond acceptors (Lipinski definition) is 8. The van der Waals surface area contributed by atoms with Crippen molar-refractivity contribution in [2.24, 2.45) is 0 Å². The van der Waals surface area contributed by atoms with Gasteiger partial charge in [0.2, 0.25) is 5.16 Å². The number of benzene rings is 2. The van der Waals surface area contributed by atoms with Gasteiger partial charge in [-0.05, 0) is 47.7 Å². The normalized spacial score (nSPS) is 11.1. The number of rotatable bonds is 10. The lowest BCUT2D eigenvalue weighted by Crippen LogP contribution is -2.09. The van der Waals surface area contributed by atoms with E-state index in [1.165, 1.54) is 20.3 Å². The summed E-state index contributed by atoms with van der Waals surface area (Å²) in [7, 11) is 3.07. The van der Waals surface area contributed by atoms with E-state index in [0.29, 0.717) is 34.2 Å². The van der Waals surface area contributed by atoms with Gasteiger partial charge in [0, 0.05) is 11.6 Å². The number of carbonyl (C=O) groups is 2. The van der Waals surface area contributed by atoms with Crippen molar-refractivity contribution < 1.29 is 34.0 Å². The molecule has 3 rings (SSSR count). The molecule has 166 valence electrons. The van der Waals surface area contributed by atoms with Crippen LogP contribution in [0, 0.1) is 0 Å². The Bertz CT molecular complexity index is 1140. The minimum Gasteiger partial charge on any atom is -0.497 e. The van der Waals surface area contributed by atoms with E-state index in [-0.39, 0.29) is 10.1 Å². The van der Waals surface area contributed by atoms with Crippen molar-refractivity contribution in [3.8, 4) is 28.6 Å². The van der Waals surface area contributed by atoms with E-state index in [4.69, 9.17) is 19.3 Å². The molecule has 1 aromatic heterocycles. The van der Waals surface area contributed by atoms with Crippen LogP contribution >= 0.6 is 11.8 Å². The summed E-state index contributed by atoms with van der Waals surface area (Å²) in [6.45, 7) is -0.497. The molecule has 0 atom stereocenters. The average Bonchev–Trinajstić information content (AvgIpc) is 3.25. The van der Waals surface area contributed by atoms with Crippen molar-refractivity contribution in [2.45, 2.75) is 5.16 Å². The third-order valence-corrected chi connectivity index (χ3v) is 4.90. The van der Waals surface area contributed by atoms with Gasteiger partial charge in [-0.3, -0.25) is 5.10 Å². The largest absolute Gasteiger partial charge is 0.497 e. The third-order valence-electron chi connectivity index (χ3n) is 4.02. The zero-order chi connectivity index (χ0) is 23.1. The molecule has 0 aliphatic heterocycles. The number of nitrogens with zero attached hydrogens (tertiary/aromatic N) is 2. The van der Waals surface area contributed by atoms with Gasteiger partial charge in [0.25, 0.3) is 0 Å². The molecule has 0 amide bonds. The van der Waals surface area contributed by atoms with Crippen molar-refractivity contribution in [1.29, 1.82) is 0 Å². The Morgan fingerprint density at radius 1 is 1.06 bits per heavy atom. The molecular formula is C21H19N3O7S. The van der Waals surface area contributed by atoms with Gasteiger partial charge in [0.05, 0.1) is 14.2 Å². The number of methoxy groups -OCH3 is 2. The van der Waals surface area contributed by atoms with Crippen molar-refractivity contribution in [2.75, 3.05) is 20.8 Å². The van der Waals surface area contributed by atoms with Crippen molar-refractivity contribution in [3.05, 3.63) is 52.9 Å². The smallest absolute Gasteiger partial charge is 0.342 e. The zero-order valence-electron chi connectivity index (χ0n) is 17.1. The van der Waals surface area contributed by atoms with Gasteiger partial charge in [0.15, 0.2) is 12.4 Å². The van der Waals surface area contributed by atoms with E-state index in [1.54, 1.807) is 42.5 Å². The second kappa shape index (κ2) is 10.4. The first-order chi connectivity index (χ1) is 15.4. The first-order valence-corrected chi connectivity index (χ1v) is 9.93. The van der Waals surface area contributed by atoms with E-state index >= 15 is 0 Å². The lowest BCUT2D eigenvalue weighted by Gasteiger charge is -2.06. The number of aromatic amines is 1. The lowest BCUT2D eigenvalue weighted by atomic mass is 10.2. The van der Waals surface area contributed by atoms with Crippen molar-refractivity contribution in [3.63, 3.8) is 0 Å². The highest BCUT2D eigenvalue weighted by Crippen LogP contribution is 2.31. The van der Waals surface area contributed by atoms with E-state index in [2.05, 4.69) is 15.2 Å². The van der Waals surface area contributed by atoms with E-state index in [1.807, 2.05) is 0 Å². The number of aromatic nitrogens is 3. The fourth-order valence-corrected chi connectivity index (χ4v) is 3.30. The van der Waals surface area contributed by atoms with Crippen LogP contribution in [-0.2, 0) is 9.59 Å². The molecule has 0 bridgehead atoms. The van der Waals surface area contributed by atoms with E-state index < -0.39 is 18.5 Å². The molecule has 0 aliphatic rings. The lowest BCUT2D eigenvalue weighted by molar-refractivity contribution is -0.139. The molecule has 0 spiro atoms. The molecule has 1 heterocycles. The summed E-state index contributed by atoms with van der Waals surface area (Å²) >= 11 is 0.862. The maximum atomic E-state index is 11.8. The number of aliphatic carboxylic acids is 2. The molecule has 0 saturated heterocycles. The van der Waals surface area contributed by atoms with Crippen LogP contribution in [0.4, 0.5) is 0 Å². The molecule has 32 heavy (non-hydrogen) atoms. The van der Waals surface area contributed by atoms with Gasteiger partial charge >= 0.3 is 11.9 Å². The Labute approximate surface area is 186 Å². The monoisotopic (exact) mass is 457 g/mol. The highest BCUT2D eigenvalue weighted by Gasteiger charge is 2.15. The Morgan fingerprint density at radius 2 is 1.78 bits per heavy atom. The molecule has 0 saturated carbocycles. The van der Waals surface area contributed by atoms with Crippen LogP contribution in [0.5, 0.6) is 17.2 Å². The molecule has 0 radical (unpaired) electrons. The highest BCUT2D eigenvalue weighted by atomic mass is 32.2. The predicted molar refractivity (Wildman–Crippen MR) is 116 cm³/mol. The molecule has 11 heteroatoms. The Balaban J connectivity index is 1.82. The number of nitrogens with one attached hydrogen (secondary N) is 1. The number of thioether (sulfide) groups is 1. The molecular weight excluding hydrogens is 438 g/mol. The summed E-state index contributed by atoms with van der Waals surface area (Å²) in [4.78, 5) is 26.7. The Hall–Kier alpha value is -3.99. The summed E-state index contributed by atoms with van der Waals surface area (Å²) in [6, 6.07) is 11.6. The minimum atomic E-state index is -1.17. The molecule has 0 unspecified atom stereocenters. The molecule has 2 aromatic carbocycles. The van der Waals surface area contributed by atoms with Crippen molar-refractivity contribution in [1.82, 2.24) is 15.2 Å². The summed E-state index contributed by atoms with van der Waals surface area (Å²) in [5, 5.41) is 25.4. The van der Waals surface area contributed by atoms with Crippen LogP contribution < -0.4 is 14.2 Å². The summed E-state index contributed by atoms with van der Waals surface area (Å²) in [5.74, 6) is -0.410. The number of ether oxygens (including phenoxy) is 3. The first-order valence-electron chi connectivity index (χ1n) is 9.11. The van der Waals surface area contributed by atoms with Gasteiger partial charge in [-0.15, -0.1) is 5.10 Å². The minimum absolute atomic E-state index is 0.0332. The number of carboxylic acids is 2. The topological polar surface area (TPSA) is 144 Å². The molecule has 0 fully saturated rings. The SMILES string of the molecule is COc1cc(OC)cc(-c2nc(S/C(=C\c3cccc(OCC(=O)O)c3)C(=O)O)n[nH]2)c1. The summed E-state index contributed by atoms with van der Waals surface area (Å²) < 4.78 is 15.6. The Morgan fingerprint density at radius 3 is 2.41 bits per heavy atom. The van der Waals surface area contributed by atoms with Gasteiger partial charge in [-0.1, -0.05) is 12.1 Å². The maximum absolute atomic E-state index is 11.8. The second-order valence-electron chi connectivity index (χ2n) is 6.24. The molecule has 3 aromatic rings. The average molecular weight is 457 g/mol. The summed E-state index contributed by atoms with van der Waals surface area (Å²) in [6.07, 6.45) is 1.42. The van der Waals surface area contributed by atoms with Crippen LogP contribution in [0.25, 0.3) is 17.5 Å². The van der Waals surface area contributed by atoms with Crippen LogP contribution in [-0.4, -0.2) is 58.2 Å². The van der Waals surface area contributed by atoms with Gasteiger partial charge in [0.1, 0.15) is 22.2 Å². The quantitative estimate of drug-likeness (QED) is 0.307. The Kier molecular flexibility index (Phi) is 7.34. The standard InChI is InChI=1S/C21H19N3O7S/c1-29-15-8-13(9-16(10-15)30-2)19-22-21(24-23-19)32-17(20(27)28)7-12-4-3-5-14(6-12)31-11-18(25)26/h3-10H,11H2,1-2H3,(H,25,26)(H,27,28)(H,22,23,24)/b17-7-. The molecule has 3 N–H and O–H groups in total. The summed E-state index contributed by atoms with van der Waals surface area (Å²) in [5.41, 5.74) is 1.18. The van der Waals surface area contributed by atoms with E-state index in [9.17, 15) is 14.7 Å². The first kappa shape index (κ1) is 22.7. The highest BCUT2D eigenvalue weighted by molar-refractivity contribution is 8.04. The van der Waals surface area contributed by atoms with Crippen LogP contribution in [0.3, 0.4) is 0 Å². The van der Waals surface area contributed by atoms with E-state index in [0.717, 1.165) is 11.8 Å². The molecule has 0 aliphatic carbocycles. The number of carboxylic acid groups (broad SMARTS) is 2. The predicted octanol–water partition coefficient (Wildman–Crippen LogP) is 3.17. The van der Waals surface area contributed by atoms with Gasteiger partial charge < -0.3 is 24.4 Å². The van der Waals surface area contributed by atoms with Gasteiger partial charge in [-0.2, -0.15) is 0 Å². The zero-order valence-corrected chi connectivity index (χ0v) is 17.9. The van der Waals surface area contributed by atoms with Crippen LogP contribution in [0.2, 0.25) is 0 Å². The third kappa shape index (κ3) is 6.01.